The Hall–Kier alpha value is -0.860. The highest BCUT2D eigenvalue weighted by Crippen LogP contribution is 2.28. The number of aryl methyl sites for hydroxylation is 1. The van der Waals surface area contributed by atoms with Crippen LogP contribution in [0.3, 0.4) is 0 Å². The number of hydrogen-bond acceptors (Lipinski definition) is 2. The first-order valence-corrected chi connectivity index (χ1v) is 6.68. The van der Waals surface area contributed by atoms with E-state index in [0.29, 0.717) is 6.61 Å². The Labute approximate surface area is 104 Å². The number of piperidine rings is 1. The SMILES string of the molecule is CN1CCC(c2cccc(CCCO)c2)CC1. The van der Waals surface area contributed by atoms with Gasteiger partial charge in [0.1, 0.15) is 0 Å². The Balaban J connectivity index is 2.00. The van der Waals surface area contributed by atoms with Crippen molar-refractivity contribution >= 4 is 0 Å². The maximum absolute atomic E-state index is 8.87. The van der Waals surface area contributed by atoms with Crippen LogP contribution in [0.2, 0.25) is 0 Å². The second-order valence-electron chi connectivity index (χ2n) is 5.15. The fraction of sp³-hybridized carbons (Fsp3) is 0.600. The molecule has 17 heavy (non-hydrogen) atoms. The van der Waals surface area contributed by atoms with Crippen LogP contribution in [0, 0.1) is 0 Å². The van der Waals surface area contributed by atoms with Gasteiger partial charge in [0.2, 0.25) is 0 Å². The van der Waals surface area contributed by atoms with Gasteiger partial charge in [-0.05, 0) is 62.9 Å². The number of likely N-dealkylation sites (tertiary alicyclic amines) is 1. The summed E-state index contributed by atoms with van der Waals surface area (Å²) >= 11 is 0. The number of nitrogens with zero attached hydrogens (tertiary/aromatic N) is 1. The standard InChI is InChI=1S/C15H23NO/c1-16-9-7-14(8-10-16)15-6-2-4-13(12-15)5-3-11-17/h2,4,6,12,14,17H,3,5,7-11H2,1H3. The van der Waals surface area contributed by atoms with Gasteiger partial charge in [-0.2, -0.15) is 0 Å². The third-order valence-electron chi connectivity index (χ3n) is 3.76. The minimum absolute atomic E-state index is 0.290. The molecule has 1 heterocycles. The van der Waals surface area contributed by atoms with E-state index in [4.69, 9.17) is 5.11 Å². The molecule has 1 fully saturated rings. The molecule has 1 aliphatic rings. The highest BCUT2D eigenvalue weighted by atomic mass is 16.2. The van der Waals surface area contributed by atoms with E-state index in [9.17, 15) is 0 Å². The number of hydrogen-bond donors (Lipinski definition) is 1. The van der Waals surface area contributed by atoms with Crippen molar-refractivity contribution in [3.8, 4) is 0 Å². The zero-order valence-electron chi connectivity index (χ0n) is 10.7. The van der Waals surface area contributed by atoms with Gasteiger partial charge in [0.05, 0.1) is 0 Å². The summed E-state index contributed by atoms with van der Waals surface area (Å²) < 4.78 is 0. The summed E-state index contributed by atoms with van der Waals surface area (Å²) in [5.74, 6) is 0.736. The van der Waals surface area contributed by atoms with E-state index in [0.717, 1.165) is 18.8 Å². The summed E-state index contributed by atoms with van der Waals surface area (Å²) in [5, 5.41) is 8.87. The van der Waals surface area contributed by atoms with E-state index >= 15 is 0 Å². The average molecular weight is 233 g/mol. The Kier molecular flexibility index (Phi) is 4.57. The molecule has 1 aromatic rings. The van der Waals surface area contributed by atoms with Crippen molar-refractivity contribution in [1.29, 1.82) is 0 Å². The molecule has 0 aromatic heterocycles. The zero-order valence-corrected chi connectivity index (χ0v) is 10.7. The lowest BCUT2D eigenvalue weighted by Gasteiger charge is -2.29. The minimum Gasteiger partial charge on any atom is -0.396 e. The van der Waals surface area contributed by atoms with Crippen LogP contribution in [-0.4, -0.2) is 36.8 Å². The Bertz CT molecular complexity index is 343. The smallest absolute Gasteiger partial charge is 0.0434 e. The molecule has 0 radical (unpaired) electrons. The molecule has 0 atom stereocenters. The first-order valence-electron chi connectivity index (χ1n) is 6.68. The van der Waals surface area contributed by atoms with Crippen LogP contribution in [0.5, 0.6) is 0 Å². The van der Waals surface area contributed by atoms with Crippen LogP contribution in [0.25, 0.3) is 0 Å². The van der Waals surface area contributed by atoms with Crippen LogP contribution in [0.15, 0.2) is 24.3 Å². The molecule has 2 rings (SSSR count). The lowest BCUT2D eigenvalue weighted by molar-refractivity contribution is 0.255. The summed E-state index contributed by atoms with van der Waals surface area (Å²) in [6.45, 7) is 2.72. The molecule has 1 N–H and O–H groups in total. The van der Waals surface area contributed by atoms with Gasteiger partial charge in [-0.15, -0.1) is 0 Å². The molecule has 94 valence electrons. The third-order valence-corrected chi connectivity index (χ3v) is 3.76. The number of rotatable bonds is 4. The summed E-state index contributed by atoms with van der Waals surface area (Å²) in [4.78, 5) is 2.41. The van der Waals surface area contributed by atoms with Crippen LogP contribution >= 0.6 is 0 Å². The van der Waals surface area contributed by atoms with Crippen molar-refractivity contribution in [2.45, 2.75) is 31.6 Å². The molecular formula is C15H23NO. The van der Waals surface area contributed by atoms with Crippen molar-refractivity contribution in [3.63, 3.8) is 0 Å². The molecule has 1 aliphatic heterocycles. The van der Waals surface area contributed by atoms with E-state index in [1.807, 2.05) is 0 Å². The van der Waals surface area contributed by atoms with Gasteiger partial charge in [0, 0.05) is 6.61 Å². The van der Waals surface area contributed by atoms with E-state index in [-0.39, 0.29) is 0 Å². The minimum atomic E-state index is 0.290. The van der Waals surface area contributed by atoms with Crippen molar-refractivity contribution in [1.82, 2.24) is 4.90 Å². The van der Waals surface area contributed by atoms with E-state index in [2.05, 4.69) is 36.2 Å². The fourth-order valence-electron chi connectivity index (χ4n) is 2.63. The Morgan fingerprint density at radius 1 is 1.29 bits per heavy atom. The van der Waals surface area contributed by atoms with Crippen molar-refractivity contribution in [2.24, 2.45) is 0 Å². The van der Waals surface area contributed by atoms with Gasteiger partial charge in [-0.3, -0.25) is 0 Å². The topological polar surface area (TPSA) is 23.5 Å². The van der Waals surface area contributed by atoms with Crippen molar-refractivity contribution in [3.05, 3.63) is 35.4 Å². The largest absolute Gasteiger partial charge is 0.396 e. The fourth-order valence-corrected chi connectivity index (χ4v) is 2.63. The Morgan fingerprint density at radius 3 is 2.76 bits per heavy atom. The second-order valence-corrected chi connectivity index (χ2v) is 5.15. The number of aliphatic hydroxyl groups is 1. The second kappa shape index (κ2) is 6.18. The average Bonchev–Trinajstić information content (AvgIpc) is 2.37. The summed E-state index contributed by atoms with van der Waals surface area (Å²) in [7, 11) is 2.20. The molecule has 2 nitrogen and oxygen atoms in total. The third kappa shape index (κ3) is 3.55. The van der Waals surface area contributed by atoms with Crippen LogP contribution in [-0.2, 0) is 6.42 Å². The molecule has 1 aromatic carbocycles. The number of benzene rings is 1. The monoisotopic (exact) mass is 233 g/mol. The summed E-state index contributed by atoms with van der Waals surface area (Å²) in [6, 6.07) is 8.94. The molecule has 0 bridgehead atoms. The highest BCUT2D eigenvalue weighted by molar-refractivity contribution is 5.27. The highest BCUT2D eigenvalue weighted by Gasteiger charge is 2.18. The predicted octanol–water partition coefficient (Wildman–Crippen LogP) is 2.42. The van der Waals surface area contributed by atoms with E-state index < -0.39 is 0 Å². The lowest BCUT2D eigenvalue weighted by Crippen LogP contribution is -2.29. The first kappa shape index (κ1) is 12.6. The van der Waals surface area contributed by atoms with Crippen LogP contribution < -0.4 is 0 Å². The van der Waals surface area contributed by atoms with Gasteiger partial charge in [-0.25, -0.2) is 0 Å². The maximum atomic E-state index is 8.87. The molecule has 0 amide bonds. The van der Waals surface area contributed by atoms with Crippen molar-refractivity contribution in [2.75, 3.05) is 26.7 Å². The summed E-state index contributed by atoms with van der Waals surface area (Å²) in [6.07, 6.45) is 4.42. The molecule has 2 heteroatoms. The first-order chi connectivity index (χ1) is 8.29. The van der Waals surface area contributed by atoms with Crippen LogP contribution in [0.1, 0.15) is 36.3 Å². The molecular weight excluding hydrogens is 210 g/mol. The maximum Gasteiger partial charge on any atom is 0.0434 e. The van der Waals surface area contributed by atoms with Gasteiger partial charge in [0.25, 0.3) is 0 Å². The molecule has 0 saturated carbocycles. The molecule has 0 spiro atoms. The van der Waals surface area contributed by atoms with Gasteiger partial charge >= 0.3 is 0 Å². The lowest BCUT2D eigenvalue weighted by atomic mass is 9.88. The van der Waals surface area contributed by atoms with Crippen LogP contribution in [0.4, 0.5) is 0 Å². The van der Waals surface area contributed by atoms with Crippen molar-refractivity contribution < 1.29 is 5.11 Å². The molecule has 0 unspecified atom stereocenters. The van der Waals surface area contributed by atoms with E-state index in [1.54, 1.807) is 0 Å². The number of aliphatic hydroxyl groups excluding tert-OH is 1. The predicted molar refractivity (Wildman–Crippen MR) is 71.3 cm³/mol. The van der Waals surface area contributed by atoms with E-state index in [1.165, 1.54) is 37.1 Å². The van der Waals surface area contributed by atoms with Gasteiger partial charge < -0.3 is 10.0 Å². The molecule has 0 aliphatic carbocycles. The molecule has 1 saturated heterocycles. The normalized spacial score (nSPS) is 18.5. The Morgan fingerprint density at radius 2 is 2.06 bits per heavy atom. The zero-order chi connectivity index (χ0) is 12.1. The van der Waals surface area contributed by atoms with Gasteiger partial charge in [-0.1, -0.05) is 24.3 Å². The van der Waals surface area contributed by atoms with Gasteiger partial charge in [0.15, 0.2) is 0 Å². The quantitative estimate of drug-likeness (QED) is 0.863. The summed E-state index contributed by atoms with van der Waals surface area (Å²) in [5.41, 5.74) is 2.86.